The number of benzene rings is 11. The molecule has 0 radical (unpaired) electrons. The monoisotopic (exact) mass is 923 g/mol. The third kappa shape index (κ3) is 6.21. The Balaban J connectivity index is 0.875. The summed E-state index contributed by atoms with van der Waals surface area (Å²) >= 11 is 0. The molecule has 0 aromatic heterocycles. The number of hydrogen-bond donors (Lipinski definition) is 0. The quantitative estimate of drug-likeness (QED) is 0.171. The molecule has 0 unspecified atom stereocenters. The molecule has 2 heteroatoms. The normalized spacial score (nSPS) is 14.3. The number of aryl methyl sites for hydroxylation is 2. The van der Waals surface area contributed by atoms with Gasteiger partial charge in [-0.05, 0) is 185 Å². The smallest absolute Gasteiger partial charge is 0.151 e. The van der Waals surface area contributed by atoms with Crippen LogP contribution >= 0.6 is 0 Å². The van der Waals surface area contributed by atoms with E-state index in [9.17, 15) is 0 Å². The molecule has 0 saturated heterocycles. The third-order valence-electron chi connectivity index (χ3n) is 16.4. The van der Waals surface area contributed by atoms with Gasteiger partial charge in [0.1, 0.15) is 0 Å². The lowest BCUT2D eigenvalue weighted by atomic mass is 9.80. The molecule has 11 aromatic rings. The first kappa shape index (κ1) is 42.4. The van der Waals surface area contributed by atoms with Gasteiger partial charge in [-0.15, -0.1) is 0 Å². The molecule has 0 saturated carbocycles. The van der Waals surface area contributed by atoms with Crippen LogP contribution in [-0.4, -0.2) is 0 Å². The van der Waals surface area contributed by atoms with Crippen molar-refractivity contribution in [3.05, 3.63) is 246 Å². The van der Waals surface area contributed by atoms with E-state index in [4.69, 9.17) is 4.74 Å². The van der Waals surface area contributed by atoms with Crippen molar-refractivity contribution in [2.45, 2.75) is 52.4 Å². The van der Waals surface area contributed by atoms with E-state index in [2.05, 4.69) is 259 Å². The Kier molecular flexibility index (Phi) is 9.14. The Hall–Kier alpha value is -8.46. The van der Waals surface area contributed by atoms with Gasteiger partial charge in [0.15, 0.2) is 11.5 Å². The number of ether oxygens (including phenoxy) is 1. The highest BCUT2D eigenvalue weighted by Crippen LogP contribution is 2.58. The summed E-state index contributed by atoms with van der Waals surface area (Å²) in [4.78, 5) is 2.44. The molecular formula is C70H53NO. The lowest BCUT2D eigenvalue weighted by Gasteiger charge is -2.34. The van der Waals surface area contributed by atoms with Gasteiger partial charge in [-0.1, -0.05) is 191 Å². The van der Waals surface area contributed by atoms with Crippen molar-refractivity contribution in [3.8, 4) is 78.3 Å². The molecule has 0 bridgehead atoms. The first-order chi connectivity index (χ1) is 35.0. The maximum Gasteiger partial charge on any atom is 0.151 e. The van der Waals surface area contributed by atoms with Crippen molar-refractivity contribution in [2.24, 2.45) is 0 Å². The predicted octanol–water partition coefficient (Wildman–Crippen LogP) is 19.5. The van der Waals surface area contributed by atoms with Crippen molar-refractivity contribution in [3.63, 3.8) is 0 Å². The first-order valence-electron chi connectivity index (χ1n) is 25.4. The Morgan fingerprint density at radius 3 is 1.19 bits per heavy atom. The van der Waals surface area contributed by atoms with E-state index < -0.39 is 0 Å². The second-order valence-corrected chi connectivity index (χ2v) is 21.4. The van der Waals surface area contributed by atoms with E-state index >= 15 is 0 Å². The largest absolute Gasteiger partial charge is 0.453 e. The Morgan fingerprint density at radius 2 is 0.736 bits per heavy atom. The van der Waals surface area contributed by atoms with Crippen molar-refractivity contribution in [1.82, 2.24) is 0 Å². The van der Waals surface area contributed by atoms with Crippen LogP contribution in [0.4, 0.5) is 17.1 Å². The van der Waals surface area contributed by atoms with Crippen molar-refractivity contribution < 1.29 is 4.74 Å². The Bertz CT molecular complexity index is 3840. The van der Waals surface area contributed by atoms with Crippen molar-refractivity contribution in [1.29, 1.82) is 0 Å². The minimum atomic E-state index is -0.208. The van der Waals surface area contributed by atoms with E-state index in [-0.39, 0.29) is 10.8 Å². The molecule has 0 fully saturated rings. The SMILES string of the molecule is Cc1ccc(N2c3cc(-c4ccc5c(c4)C(C)(C)c4cc(-c6ccccc6)c6ccccc6c4-5)ccc3Oc3ccc(-c4ccc5c(c4)C(C)(C)c4cc(-c6ccccc6)c6ccccc6c4-5)cc32)c(C)c1. The van der Waals surface area contributed by atoms with E-state index in [1.165, 1.54) is 111 Å². The van der Waals surface area contributed by atoms with Crippen molar-refractivity contribution >= 4 is 38.6 Å². The van der Waals surface area contributed by atoms with Gasteiger partial charge in [-0.2, -0.15) is 0 Å². The molecule has 0 amide bonds. The maximum atomic E-state index is 6.91. The molecule has 344 valence electrons. The van der Waals surface area contributed by atoms with Crippen LogP contribution in [-0.2, 0) is 10.8 Å². The van der Waals surface area contributed by atoms with Gasteiger partial charge in [0.25, 0.3) is 0 Å². The molecule has 1 aliphatic heterocycles. The Morgan fingerprint density at radius 1 is 0.319 bits per heavy atom. The summed E-state index contributed by atoms with van der Waals surface area (Å²) in [6, 6.07) is 79.0. The van der Waals surface area contributed by atoms with E-state index in [0.717, 1.165) is 39.7 Å². The van der Waals surface area contributed by atoms with Crippen LogP contribution in [0.25, 0.3) is 88.3 Å². The van der Waals surface area contributed by atoms with Gasteiger partial charge in [0.2, 0.25) is 0 Å². The standard InChI is InChI=1S/C70H53NO/c1-42-25-32-62(43(2)35-42)71-63-38-48(46-26-30-54-58(36-46)69(3,4)60-40-56(44-17-9-7-10-18-44)50-21-13-15-23-52(50)67(54)60)28-33-65(63)72-66-34-29-49(39-64(66)71)47-27-31-55-59(37-47)70(5,6)61-41-57(45-19-11-8-12-20-45)51-22-14-16-24-53(51)68(55)61/h7-41H,1-6H3. The van der Waals surface area contributed by atoms with Crippen LogP contribution in [0.3, 0.4) is 0 Å². The lowest BCUT2D eigenvalue weighted by molar-refractivity contribution is 0.477. The van der Waals surface area contributed by atoms with Gasteiger partial charge in [0, 0.05) is 16.5 Å². The fraction of sp³-hybridized carbons (Fsp3) is 0.114. The van der Waals surface area contributed by atoms with Gasteiger partial charge in [-0.3, -0.25) is 0 Å². The second kappa shape index (κ2) is 15.5. The summed E-state index contributed by atoms with van der Waals surface area (Å²) < 4.78 is 6.91. The number of rotatable bonds is 5. The summed E-state index contributed by atoms with van der Waals surface area (Å²) in [7, 11) is 0. The topological polar surface area (TPSA) is 12.5 Å². The molecule has 11 aromatic carbocycles. The number of hydrogen-bond acceptors (Lipinski definition) is 2. The van der Waals surface area contributed by atoms with E-state index in [1.807, 2.05) is 0 Å². The average Bonchev–Trinajstić information content (AvgIpc) is 3.78. The molecule has 1 heterocycles. The maximum absolute atomic E-state index is 6.91. The molecule has 14 rings (SSSR count). The minimum Gasteiger partial charge on any atom is -0.453 e. The van der Waals surface area contributed by atoms with Crippen LogP contribution in [0.1, 0.15) is 61.1 Å². The number of anilines is 3. The van der Waals surface area contributed by atoms with Gasteiger partial charge in [0.05, 0.1) is 11.4 Å². The minimum absolute atomic E-state index is 0.208. The summed E-state index contributed by atoms with van der Waals surface area (Å²) in [5.74, 6) is 1.68. The second-order valence-electron chi connectivity index (χ2n) is 21.4. The zero-order valence-corrected chi connectivity index (χ0v) is 41.6. The fourth-order valence-corrected chi connectivity index (χ4v) is 12.7. The highest BCUT2D eigenvalue weighted by Gasteiger charge is 2.39. The zero-order valence-electron chi connectivity index (χ0n) is 41.6. The molecule has 72 heavy (non-hydrogen) atoms. The number of fused-ring (bicyclic) bond motifs is 12. The summed E-state index contributed by atoms with van der Waals surface area (Å²) in [5.41, 5.74) is 25.8. The molecule has 2 nitrogen and oxygen atoms in total. The van der Waals surface area contributed by atoms with Gasteiger partial charge in [-0.25, -0.2) is 0 Å². The summed E-state index contributed by atoms with van der Waals surface area (Å²) in [6.45, 7) is 14.0. The average molecular weight is 924 g/mol. The molecule has 2 aliphatic carbocycles. The molecule has 0 atom stereocenters. The van der Waals surface area contributed by atoms with Gasteiger partial charge >= 0.3 is 0 Å². The first-order valence-corrected chi connectivity index (χ1v) is 25.4. The highest BCUT2D eigenvalue weighted by molar-refractivity contribution is 6.11. The highest BCUT2D eigenvalue weighted by atomic mass is 16.5. The van der Waals surface area contributed by atoms with E-state index in [0.29, 0.717) is 0 Å². The van der Waals surface area contributed by atoms with Crippen LogP contribution in [0.15, 0.2) is 212 Å². The lowest BCUT2D eigenvalue weighted by Crippen LogP contribution is -2.17. The van der Waals surface area contributed by atoms with Crippen LogP contribution in [0.5, 0.6) is 11.5 Å². The van der Waals surface area contributed by atoms with Crippen LogP contribution in [0.2, 0.25) is 0 Å². The molecule has 0 spiro atoms. The summed E-state index contributed by atoms with van der Waals surface area (Å²) in [6.07, 6.45) is 0. The molecular weight excluding hydrogens is 871 g/mol. The van der Waals surface area contributed by atoms with Crippen LogP contribution in [0, 0.1) is 13.8 Å². The summed E-state index contributed by atoms with van der Waals surface area (Å²) in [5, 5.41) is 5.19. The van der Waals surface area contributed by atoms with Gasteiger partial charge < -0.3 is 9.64 Å². The number of nitrogens with zero attached hydrogens (tertiary/aromatic N) is 1. The van der Waals surface area contributed by atoms with Crippen molar-refractivity contribution in [2.75, 3.05) is 4.90 Å². The third-order valence-corrected chi connectivity index (χ3v) is 16.4. The molecule has 3 aliphatic rings. The Labute approximate surface area is 422 Å². The molecule has 0 N–H and O–H groups in total. The fourth-order valence-electron chi connectivity index (χ4n) is 12.7. The predicted molar refractivity (Wildman–Crippen MR) is 303 cm³/mol. The van der Waals surface area contributed by atoms with Crippen LogP contribution < -0.4 is 9.64 Å². The van der Waals surface area contributed by atoms with E-state index in [1.54, 1.807) is 0 Å². The zero-order chi connectivity index (χ0) is 48.6.